The molecule has 0 aliphatic carbocycles. The summed E-state index contributed by atoms with van der Waals surface area (Å²) in [4.78, 5) is 9.91. The Labute approximate surface area is 286 Å². The van der Waals surface area contributed by atoms with Gasteiger partial charge in [-0.05, 0) is 78.2 Å². The number of para-hydroxylation sites is 2. The van der Waals surface area contributed by atoms with Crippen LogP contribution in [0.2, 0.25) is 0 Å². The molecule has 0 N–H and O–H groups in total. The van der Waals surface area contributed by atoms with Gasteiger partial charge in [0.05, 0.1) is 28.1 Å². The van der Waals surface area contributed by atoms with E-state index in [1.165, 1.54) is 32.6 Å². The minimum Gasteiger partial charge on any atom is -0.309 e. The van der Waals surface area contributed by atoms with Crippen molar-refractivity contribution in [2.24, 2.45) is 4.99 Å². The van der Waals surface area contributed by atoms with Crippen molar-refractivity contribution in [2.45, 2.75) is 13.8 Å². The molecular formula is C46H35N3. The fourth-order valence-corrected chi connectivity index (χ4v) is 6.75. The molecule has 0 radical (unpaired) electrons. The van der Waals surface area contributed by atoms with Crippen LogP contribution >= 0.6 is 0 Å². The van der Waals surface area contributed by atoms with Crippen molar-refractivity contribution < 1.29 is 0 Å². The van der Waals surface area contributed by atoms with Crippen LogP contribution in [0.4, 0.5) is 0 Å². The summed E-state index contributed by atoms with van der Waals surface area (Å²) in [5, 5.41) is 4.90. The van der Waals surface area contributed by atoms with Gasteiger partial charge >= 0.3 is 0 Å². The summed E-state index contributed by atoms with van der Waals surface area (Å²) in [6.45, 7) is 4.22. The van der Waals surface area contributed by atoms with E-state index in [1.54, 1.807) is 0 Å². The van der Waals surface area contributed by atoms with E-state index in [1.807, 2.05) is 24.4 Å². The quantitative estimate of drug-likeness (QED) is 0.161. The second-order valence-electron chi connectivity index (χ2n) is 12.2. The van der Waals surface area contributed by atoms with Crippen LogP contribution in [-0.2, 0) is 0 Å². The van der Waals surface area contributed by atoms with Gasteiger partial charge in [0.25, 0.3) is 0 Å². The molecular weight excluding hydrogens is 595 g/mol. The molecule has 0 saturated carbocycles. The molecule has 0 bridgehead atoms. The van der Waals surface area contributed by atoms with Crippen molar-refractivity contribution in [3.63, 3.8) is 0 Å². The Morgan fingerprint density at radius 2 is 1.20 bits per heavy atom. The largest absolute Gasteiger partial charge is 0.309 e. The summed E-state index contributed by atoms with van der Waals surface area (Å²) in [5.74, 6) is 0. The number of hydrogen-bond acceptors (Lipinski definition) is 2. The topological polar surface area (TPSA) is 30.2 Å². The van der Waals surface area contributed by atoms with Gasteiger partial charge in [-0.25, -0.2) is 4.99 Å². The van der Waals surface area contributed by atoms with E-state index in [9.17, 15) is 0 Å². The second kappa shape index (κ2) is 13.1. The van der Waals surface area contributed by atoms with Crippen molar-refractivity contribution in [1.82, 2.24) is 9.55 Å². The normalized spacial score (nSPS) is 12.7. The lowest BCUT2D eigenvalue weighted by Gasteiger charge is -2.12. The van der Waals surface area contributed by atoms with Crippen LogP contribution in [0.5, 0.6) is 0 Å². The first kappa shape index (κ1) is 30.0. The van der Waals surface area contributed by atoms with Crippen molar-refractivity contribution in [3.8, 4) is 16.9 Å². The van der Waals surface area contributed by atoms with Gasteiger partial charge in [0, 0.05) is 39.3 Å². The fourth-order valence-electron chi connectivity index (χ4n) is 6.75. The number of hydrogen-bond donors (Lipinski definition) is 0. The van der Waals surface area contributed by atoms with Gasteiger partial charge in [-0.15, -0.1) is 0 Å². The number of aliphatic imine (C=N–C) groups is 1. The van der Waals surface area contributed by atoms with Gasteiger partial charge < -0.3 is 4.57 Å². The molecule has 0 aliphatic rings. The Morgan fingerprint density at radius 3 is 1.88 bits per heavy atom. The Kier molecular flexibility index (Phi) is 8.01. The highest BCUT2D eigenvalue weighted by Crippen LogP contribution is 2.33. The van der Waals surface area contributed by atoms with E-state index in [0.717, 1.165) is 50.6 Å². The van der Waals surface area contributed by atoms with Crippen LogP contribution in [-0.4, -0.2) is 15.3 Å². The summed E-state index contributed by atoms with van der Waals surface area (Å²) in [6, 6.07) is 55.6. The van der Waals surface area contributed by atoms with E-state index in [-0.39, 0.29) is 0 Å². The molecule has 2 aromatic heterocycles. The Balaban J connectivity index is 1.23. The summed E-state index contributed by atoms with van der Waals surface area (Å²) < 4.78 is 2.35. The molecule has 8 aromatic rings. The number of pyridine rings is 1. The molecule has 0 amide bonds. The molecule has 6 aromatic carbocycles. The van der Waals surface area contributed by atoms with Gasteiger partial charge in [-0.3, -0.25) is 4.98 Å². The molecule has 0 fully saturated rings. The van der Waals surface area contributed by atoms with Gasteiger partial charge in [0.2, 0.25) is 0 Å². The van der Waals surface area contributed by atoms with Crippen LogP contribution in [0.25, 0.3) is 60.8 Å². The number of benzene rings is 6. The lowest BCUT2D eigenvalue weighted by molar-refractivity contribution is 1.18. The van der Waals surface area contributed by atoms with Gasteiger partial charge in [0.15, 0.2) is 0 Å². The van der Waals surface area contributed by atoms with Crippen LogP contribution in [0.1, 0.15) is 30.5 Å². The monoisotopic (exact) mass is 629 g/mol. The molecule has 0 atom stereocenters. The SMILES string of the molecule is C\C=C(/N=C(\C=C(/C)c1ccc(-c2ccccn2)cc1)c1ccc(-n2c3ccccc3c3ccccc32)cc1)c1cccc2ccccc12. The van der Waals surface area contributed by atoms with Crippen LogP contribution < -0.4 is 0 Å². The third kappa shape index (κ3) is 5.77. The van der Waals surface area contributed by atoms with Gasteiger partial charge in [0.1, 0.15) is 0 Å². The molecule has 3 nitrogen and oxygen atoms in total. The van der Waals surface area contributed by atoms with E-state index in [2.05, 4.69) is 175 Å². The molecule has 0 spiro atoms. The van der Waals surface area contributed by atoms with Crippen LogP contribution in [0, 0.1) is 0 Å². The maximum atomic E-state index is 5.39. The molecule has 49 heavy (non-hydrogen) atoms. The first-order chi connectivity index (χ1) is 24.2. The molecule has 0 unspecified atom stereocenters. The number of rotatable bonds is 7. The maximum absolute atomic E-state index is 5.39. The lowest BCUT2D eigenvalue weighted by atomic mass is 9.99. The highest BCUT2D eigenvalue weighted by Gasteiger charge is 2.13. The van der Waals surface area contributed by atoms with Crippen LogP contribution in [0.3, 0.4) is 0 Å². The minimum absolute atomic E-state index is 0.904. The first-order valence-electron chi connectivity index (χ1n) is 16.7. The number of fused-ring (bicyclic) bond motifs is 4. The molecule has 3 heteroatoms. The highest BCUT2D eigenvalue weighted by molar-refractivity contribution is 6.15. The summed E-state index contributed by atoms with van der Waals surface area (Å²) in [5.41, 5.74) is 11.9. The average molecular weight is 630 g/mol. The number of aromatic nitrogens is 2. The van der Waals surface area contributed by atoms with Gasteiger partial charge in [-0.2, -0.15) is 0 Å². The fraction of sp³-hybridized carbons (Fsp3) is 0.0435. The zero-order chi connectivity index (χ0) is 33.2. The highest BCUT2D eigenvalue weighted by atomic mass is 15.0. The van der Waals surface area contributed by atoms with Crippen molar-refractivity contribution in [2.75, 3.05) is 0 Å². The third-order valence-electron chi connectivity index (χ3n) is 9.24. The summed E-state index contributed by atoms with van der Waals surface area (Å²) >= 11 is 0. The smallest absolute Gasteiger partial charge is 0.0712 e. The Morgan fingerprint density at radius 1 is 0.592 bits per heavy atom. The van der Waals surface area contributed by atoms with Crippen molar-refractivity contribution >= 4 is 49.6 Å². The molecule has 0 saturated heterocycles. The van der Waals surface area contributed by atoms with Crippen LogP contribution in [0.15, 0.2) is 181 Å². The van der Waals surface area contributed by atoms with E-state index in [0.29, 0.717) is 0 Å². The number of allylic oxidation sites excluding steroid dienone is 3. The standard InChI is InChI=1S/C46H35N3/c1-3-42(39-18-12-14-34-13-4-5-15-38(34)39)48-44(31-32(2)33-22-24-35(25-23-33)43-19-10-11-30-47-43)36-26-28-37(29-27-36)49-45-20-8-6-16-40(45)41-17-7-9-21-46(41)49/h3-31H,1-2H3/b32-31+,42-3-,48-44+. The number of nitrogens with zero attached hydrogens (tertiary/aromatic N) is 3. The predicted octanol–water partition coefficient (Wildman–Crippen LogP) is 12.0. The molecule has 234 valence electrons. The molecule has 2 heterocycles. The van der Waals surface area contributed by atoms with Crippen molar-refractivity contribution in [3.05, 3.63) is 193 Å². The van der Waals surface area contributed by atoms with Gasteiger partial charge in [-0.1, -0.05) is 127 Å². The molecule has 0 aliphatic heterocycles. The van der Waals surface area contributed by atoms with Crippen molar-refractivity contribution in [1.29, 1.82) is 0 Å². The first-order valence-corrected chi connectivity index (χ1v) is 16.7. The minimum atomic E-state index is 0.904. The zero-order valence-corrected chi connectivity index (χ0v) is 27.6. The third-order valence-corrected chi connectivity index (χ3v) is 9.24. The predicted molar refractivity (Wildman–Crippen MR) is 208 cm³/mol. The van der Waals surface area contributed by atoms with E-state index < -0.39 is 0 Å². The average Bonchev–Trinajstić information content (AvgIpc) is 3.51. The molecule has 8 rings (SSSR count). The second-order valence-corrected chi connectivity index (χ2v) is 12.2. The van der Waals surface area contributed by atoms with E-state index in [4.69, 9.17) is 4.99 Å². The summed E-state index contributed by atoms with van der Waals surface area (Å²) in [7, 11) is 0. The Hall–Kier alpha value is -6.32. The maximum Gasteiger partial charge on any atom is 0.0712 e. The zero-order valence-electron chi connectivity index (χ0n) is 27.6. The Bertz CT molecular complexity index is 2470. The lowest BCUT2D eigenvalue weighted by Crippen LogP contribution is -2.01. The summed E-state index contributed by atoms with van der Waals surface area (Å²) in [6.07, 6.45) is 6.15. The van der Waals surface area contributed by atoms with E-state index >= 15 is 0 Å².